The summed E-state index contributed by atoms with van der Waals surface area (Å²) in [5, 5.41) is 13.3. The fraction of sp³-hybridized carbons (Fsp3) is 0.167. The molecule has 2 rings (SSSR count). The molecule has 0 aliphatic heterocycles. The molecule has 0 saturated heterocycles. The molecule has 0 bridgehead atoms. The van der Waals surface area contributed by atoms with E-state index < -0.39 is 5.97 Å². The van der Waals surface area contributed by atoms with Gasteiger partial charge in [-0.15, -0.1) is 0 Å². The van der Waals surface area contributed by atoms with Gasteiger partial charge in [-0.25, -0.2) is 4.79 Å². The Morgan fingerprint density at radius 1 is 1.47 bits per heavy atom. The lowest BCUT2D eigenvalue weighted by Crippen LogP contribution is -2.11. The average molecular weight is 231 g/mol. The van der Waals surface area contributed by atoms with Gasteiger partial charge in [0.25, 0.3) is 0 Å². The zero-order chi connectivity index (χ0) is 12.4. The van der Waals surface area contributed by atoms with Crippen LogP contribution in [0.4, 0.5) is 5.69 Å². The van der Waals surface area contributed by atoms with Crippen LogP contribution in [0.1, 0.15) is 21.6 Å². The molecule has 1 heterocycles. The molecule has 0 spiro atoms. The van der Waals surface area contributed by atoms with E-state index in [1.165, 1.54) is 0 Å². The van der Waals surface area contributed by atoms with Gasteiger partial charge in [-0.05, 0) is 24.6 Å². The van der Waals surface area contributed by atoms with Gasteiger partial charge in [0, 0.05) is 17.6 Å². The SMILES string of the molecule is Cc1ccnn1Cc1cccc(N)c1C(=O)O. The van der Waals surface area contributed by atoms with E-state index in [1.807, 2.05) is 13.0 Å². The van der Waals surface area contributed by atoms with Gasteiger partial charge >= 0.3 is 5.97 Å². The summed E-state index contributed by atoms with van der Waals surface area (Å²) in [6, 6.07) is 6.95. The molecule has 1 aromatic carbocycles. The third-order valence-corrected chi connectivity index (χ3v) is 2.65. The number of carboxylic acids is 1. The summed E-state index contributed by atoms with van der Waals surface area (Å²) in [6.07, 6.45) is 1.68. The maximum atomic E-state index is 11.1. The summed E-state index contributed by atoms with van der Waals surface area (Å²) in [4.78, 5) is 11.1. The van der Waals surface area contributed by atoms with Gasteiger partial charge in [0.1, 0.15) is 0 Å². The molecular weight excluding hydrogens is 218 g/mol. The van der Waals surface area contributed by atoms with E-state index in [4.69, 9.17) is 10.8 Å². The van der Waals surface area contributed by atoms with E-state index >= 15 is 0 Å². The van der Waals surface area contributed by atoms with Crippen LogP contribution in [0.5, 0.6) is 0 Å². The molecule has 0 saturated carbocycles. The van der Waals surface area contributed by atoms with Crippen LogP contribution in [-0.2, 0) is 6.54 Å². The number of rotatable bonds is 3. The molecule has 88 valence electrons. The van der Waals surface area contributed by atoms with Crippen LogP contribution in [0.25, 0.3) is 0 Å². The molecular formula is C12H13N3O2. The van der Waals surface area contributed by atoms with Crippen molar-refractivity contribution in [2.24, 2.45) is 0 Å². The minimum Gasteiger partial charge on any atom is -0.478 e. The maximum absolute atomic E-state index is 11.1. The molecule has 17 heavy (non-hydrogen) atoms. The number of carboxylic acid groups (broad SMARTS) is 1. The molecule has 0 amide bonds. The van der Waals surface area contributed by atoms with E-state index in [1.54, 1.807) is 29.1 Å². The summed E-state index contributed by atoms with van der Waals surface area (Å²) >= 11 is 0. The molecule has 0 aliphatic carbocycles. The Bertz CT molecular complexity index is 561. The summed E-state index contributed by atoms with van der Waals surface area (Å²) in [5.74, 6) is -1.01. The van der Waals surface area contributed by atoms with Gasteiger partial charge in [-0.1, -0.05) is 12.1 Å². The molecule has 0 radical (unpaired) electrons. The van der Waals surface area contributed by atoms with Crippen molar-refractivity contribution in [3.8, 4) is 0 Å². The third kappa shape index (κ3) is 2.13. The van der Waals surface area contributed by atoms with Crippen molar-refractivity contribution in [2.45, 2.75) is 13.5 Å². The number of hydrogen-bond donors (Lipinski definition) is 2. The number of carbonyl (C=O) groups is 1. The number of aromatic nitrogens is 2. The first-order chi connectivity index (χ1) is 8.09. The van der Waals surface area contributed by atoms with Crippen LogP contribution in [-0.4, -0.2) is 20.9 Å². The highest BCUT2D eigenvalue weighted by Crippen LogP contribution is 2.18. The lowest BCUT2D eigenvalue weighted by Gasteiger charge is -2.09. The largest absolute Gasteiger partial charge is 0.478 e. The summed E-state index contributed by atoms with van der Waals surface area (Å²) in [7, 11) is 0. The van der Waals surface area contributed by atoms with Gasteiger partial charge < -0.3 is 10.8 Å². The number of nitrogen functional groups attached to an aromatic ring is 1. The molecule has 1 aromatic heterocycles. The van der Waals surface area contributed by atoms with Crippen molar-refractivity contribution in [3.63, 3.8) is 0 Å². The monoisotopic (exact) mass is 231 g/mol. The van der Waals surface area contributed by atoms with E-state index in [9.17, 15) is 4.79 Å². The van der Waals surface area contributed by atoms with Crippen molar-refractivity contribution in [3.05, 3.63) is 47.3 Å². The summed E-state index contributed by atoms with van der Waals surface area (Å²) in [5.41, 5.74) is 7.74. The number of benzene rings is 1. The van der Waals surface area contributed by atoms with Crippen molar-refractivity contribution in [2.75, 3.05) is 5.73 Å². The lowest BCUT2D eigenvalue weighted by atomic mass is 10.1. The van der Waals surface area contributed by atoms with E-state index in [2.05, 4.69) is 5.10 Å². The van der Waals surface area contributed by atoms with Crippen LogP contribution in [0.2, 0.25) is 0 Å². The molecule has 2 aromatic rings. The summed E-state index contributed by atoms with van der Waals surface area (Å²) in [6.45, 7) is 2.32. The second-order valence-electron chi connectivity index (χ2n) is 3.82. The Morgan fingerprint density at radius 3 is 2.82 bits per heavy atom. The molecule has 3 N–H and O–H groups in total. The minimum atomic E-state index is -1.01. The Labute approximate surface area is 98.5 Å². The highest BCUT2D eigenvalue weighted by atomic mass is 16.4. The molecule has 0 aliphatic rings. The Kier molecular flexibility index (Phi) is 2.82. The number of hydrogen-bond acceptors (Lipinski definition) is 3. The smallest absolute Gasteiger partial charge is 0.338 e. The normalized spacial score (nSPS) is 10.4. The Balaban J connectivity index is 2.43. The topological polar surface area (TPSA) is 81.1 Å². The number of aromatic carboxylic acids is 1. The number of nitrogens with zero attached hydrogens (tertiary/aromatic N) is 2. The van der Waals surface area contributed by atoms with Crippen molar-refractivity contribution < 1.29 is 9.90 Å². The first kappa shape index (κ1) is 11.2. The second-order valence-corrected chi connectivity index (χ2v) is 3.82. The van der Waals surface area contributed by atoms with Crippen molar-refractivity contribution in [1.29, 1.82) is 0 Å². The van der Waals surface area contributed by atoms with Crippen molar-refractivity contribution in [1.82, 2.24) is 9.78 Å². The summed E-state index contributed by atoms with van der Waals surface area (Å²) < 4.78 is 1.74. The molecule has 5 nitrogen and oxygen atoms in total. The standard InChI is InChI=1S/C12H13N3O2/c1-8-5-6-14-15(8)7-9-3-2-4-10(13)11(9)12(16)17/h2-6H,7,13H2,1H3,(H,16,17). The predicted molar refractivity (Wildman–Crippen MR) is 63.9 cm³/mol. The van der Waals surface area contributed by atoms with Gasteiger partial charge in [0.15, 0.2) is 0 Å². The fourth-order valence-electron chi connectivity index (χ4n) is 1.74. The Hall–Kier alpha value is -2.30. The lowest BCUT2D eigenvalue weighted by molar-refractivity contribution is 0.0696. The zero-order valence-corrected chi connectivity index (χ0v) is 9.42. The number of anilines is 1. The number of aryl methyl sites for hydroxylation is 1. The minimum absolute atomic E-state index is 0.155. The highest BCUT2D eigenvalue weighted by molar-refractivity contribution is 5.95. The molecule has 0 unspecified atom stereocenters. The van der Waals surface area contributed by atoms with Gasteiger partial charge in [0.05, 0.1) is 12.1 Å². The van der Waals surface area contributed by atoms with Crippen LogP contribution in [0, 0.1) is 6.92 Å². The van der Waals surface area contributed by atoms with E-state index in [-0.39, 0.29) is 11.3 Å². The first-order valence-electron chi connectivity index (χ1n) is 5.18. The third-order valence-electron chi connectivity index (χ3n) is 2.65. The Morgan fingerprint density at radius 2 is 2.24 bits per heavy atom. The highest BCUT2D eigenvalue weighted by Gasteiger charge is 2.14. The van der Waals surface area contributed by atoms with Crippen LogP contribution >= 0.6 is 0 Å². The first-order valence-corrected chi connectivity index (χ1v) is 5.18. The molecule has 0 atom stereocenters. The quantitative estimate of drug-likeness (QED) is 0.785. The second kappa shape index (κ2) is 4.29. The van der Waals surface area contributed by atoms with E-state index in [0.717, 1.165) is 5.69 Å². The van der Waals surface area contributed by atoms with Gasteiger partial charge in [-0.2, -0.15) is 5.10 Å². The van der Waals surface area contributed by atoms with Gasteiger partial charge in [-0.3, -0.25) is 4.68 Å². The zero-order valence-electron chi connectivity index (χ0n) is 9.42. The van der Waals surface area contributed by atoms with Crippen LogP contribution < -0.4 is 5.73 Å². The van der Waals surface area contributed by atoms with Crippen LogP contribution in [0.15, 0.2) is 30.5 Å². The molecule has 0 fully saturated rings. The average Bonchev–Trinajstić information content (AvgIpc) is 2.64. The fourth-order valence-corrected chi connectivity index (χ4v) is 1.74. The predicted octanol–water partition coefficient (Wildman–Crippen LogP) is 1.52. The van der Waals surface area contributed by atoms with E-state index in [0.29, 0.717) is 12.1 Å². The van der Waals surface area contributed by atoms with Crippen LogP contribution in [0.3, 0.4) is 0 Å². The van der Waals surface area contributed by atoms with Crippen molar-refractivity contribution >= 4 is 11.7 Å². The molecule has 5 heteroatoms. The maximum Gasteiger partial charge on any atom is 0.338 e. The number of nitrogens with two attached hydrogens (primary N) is 1. The van der Waals surface area contributed by atoms with Gasteiger partial charge in [0.2, 0.25) is 0 Å².